The standard InChI is InChI=1S/C11H14N2O/c1-7-4-11(14-13-7)9-5-8-2-3-12-10(8)6-9/h4,6,8,10,12H,2-3,5H2,1H3/t8-,10+/m0/s1. The van der Waals surface area contributed by atoms with Crippen LogP contribution in [0.25, 0.3) is 5.57 Å². The zero-order valence-electron chi connectivity index (χ0n) is 8.29. The Labute approximate surface area is 83.2 Å². The van der Waals surface area contributed by atoms with Crippen molar-refractivity contribution >= 4 is 5.57 Å². The summed E-state index contributed by atoms with van der Waals surface area (Å²) in [7, 11) is 0. The number of allylic oxidation sites excluding steroid dienone is 1. The van der Waals surface area contributed by atoms with Gasteiger partial charge in [0.15, 0.2) is 5.76 Å². The van der Waals surface area contributed by atoms with Crippen LogP contribution in [0.15, 0.2) is 16.7 Å². The van der Waals surface area contributed by atoms with Gasteiger partial charge in [-0.3, -0.25) is 0 Å². The van der Waals surface area contributed by atoms with Crippen LogP contribution in [0.5, 0.6) is 0 Å². The molecule has 1 N–H and O–H groups in total. The fourth-order valence-electron chi connectivity index (χ4n) is 2.47. The number of hydrogen-bond donors (Lipinski definition) is 1. The molecule has 1 aromatic rings. The number of fused-ring (bicyclic) bond motifs is 1. The van der Waals surface area contributed by atoms with Crippen LogP contribution in [0.3, 0.4) is 0 Å². The Morgan fingerprint density at radius 1 is 1.57 bits per heavy atom. The SMILES string of the molecule is Cc1cc(C2=C[C@H]3NCC[C@H]3C2)on1. The first-order chi connectivity index (χ1) is 6.83. The van der Waals surface area contributed by atoms with Gasteiger partial charge >= 0.3 is 0 Å². The number of nitrogens with one attached hydrogen (secondary N) is 1. The van der Waals surface area contributed by atoms with E-state index in [-0.39, 0.29) is 0 Å². The maximum Gasteiger partial charge on any atom is 0.162 e. The molecule has 14 heavy (non-hydrogen) atoms. The minimum Gasteiger partial charge on any atom is -0.356 e. The molecule has 0 amide bonds. The lowest BCUT2D eigenvalue weighted by atomic mass is 10.0. The second-order valence-corrected chi connectivity index (χ2v) is 4.26. The van der Waals surface area contributed by atoms with E-state index in [2.05, 4.69) is 16.5 Å². The van der Waals surface area contributed by atoms with E-state index in [1.54, 1.807) is 0 Å². The van der Waals surface area contributed by atoms with Gasteiger partial charge in [0.25, 0.3) is 0 Å². The largest absolute Gasteiger partial charge is 0.356 e. The second kappa shape index (κ2) is 2.95. The van der Waals surface area contributed by atoms with E-state index in [9.17, 15) is 0 Å². The molecule has 0 unspecified atom stereocenters. The van der Waals surface area contributed by atoms with Gasteiger partial charge in [-0.2, -0.15) is 0 Å². The van der Waals surface area contributed by atoms with E-state index in [1.807, 2.05) is 13.0 Å². The maximum absolute atomic E-state index is 5.27. The maximum atomic E-state index is 5.27. The van der Waals surface area contributed by atoms with Crippen LogP contribution < -0.4 is 5.32 Å². The van der Waals surface area contributed by atoms with Crippen molar-refractivity contribution in [3.05, 3.63) is 23.6 Å². The van der Waals surface area contributed by atoms with Crippen LogP contribution in [0.2, 0.25) is 0 Å². The predicted octanol–water partition coefficient (Wildman–Crippen LogP) is 1.75. The lowest BCUT2D eigenvalue weighted by Gasteiger charge is -2.05. The van der Waals surface area contributed by atoms with Crippen LogP contribution in [-0.2, 0) is 0 Å². The fourth-order valence-corrected chi connectivity index (χ4v) is 2.47. The Bertz CT molecular complexity index is 380. The zero-order chi connectivity index (χ0) is 9.54. The summed E-state index contributed by atoms with van der Waals surface area (Å²) in [5.41, 5.74) is 2.29. The summed E-state index contributed by atoms with van der Waals surface area (Å²) < 4.78 is 5.27. The molecule has 74 valence electrons. The summed E-state index contributed by atoms with van der Waals surface area (Å²) in [5.74, 6) is 1.74. The van der Waals surface area contributed by atoms with Crippen molar-refractivity contribution in [2.45, 2.75) is 25.8 Å². The molecule has 0 bridgehead atoms. The van der Waals surface area contributed by atoms with Crippen molar-refractivity contribution in [1.82, 2.24) is 10.5 Å². The van der Waals surface area contributed by atoms with Gasteiger partial charge in [0.05, 0.1) is 5.69 Å². The quantitative estimate of drug-likeness (QED) is 0.733. The van der Waals surface area contributed by atoms with Crippen LogP contribution in [0.1, 0.15) is 24.3 Å². The monoisotopic (exact) mass is 190 g/mol. The van der Waals surface area contributed by atoms with Gasteiger partial charge < -0.3 is 9.84 Å². The van der Waals surface area contributed by atoms with Gasteiger partial charge in [0.1, 0.15) is 0 Å². The molecule has 1 aliphatic carbocycles. The van der Waals surface area contributed by atoms with Crippen molar-refractivity contribution in [2.24, 2.45) is 5.92 Å². The molecular weight excluding hydrogens is 176 g/mol. The van der Waals surface area contributed by atoms with E-state index in [4.69, 9.17) is 4.52 Å². The molecule has 3 rings (SSSR count). The molecule has 2 atom stereocenters. The number of aryl methyl sites for hydroxylation is 1. The van der Waals surface area contributed by atoms with Crippen LogP contribution >= 0.6 is 0 Å². The Morgan fingerprint density at radius 3 is 3.21 bits per heavy atom. The average Bonchev–Trinajstić information content (AvgIpc) is 2.75. The third kappa shape index (κ3) is 1.20. The Kier molecular flexibility index (Phi) is 1.74. The topological polar surface area (TPSA) is 38.1 Å². The predicted molar refractivity (Wildman–Crippen MR) is 53.7 cm³/mol. The van der Waals surface area contributed by atoms with E-state index in [0.717, 1.165) is 30.3 Å². The first-order valence-corrected chi connectivity index (χ1v) is 5.21. The summed E-state index contributed by atoms with van der Waals surface area (Å²) in [6.45, 7) is 3.12. The van der Waals surface area contributed by atoms with Gasteiger partial charge in [-0.05, 0) is 37.8 Å². The molecule has 1 aromatic heterocycles. The van der Waals surface area contributed by atoms with Crippen LogP contribution in [-0.4, -0.2) is 17.7 Å². The molecule has 1 fully saturated rings. The molecule has 0 saturated carbocycles. The highest BCUT2D eigenvalue weighted by atomic mass is 16.5. The minimum atomic E-state index is 0.579. The smallest absolute Gasteiger partial charge is 0.162 e. The number of hydrogen-bond acceptors (Lipinski definition) is 3. The molecular formula is C11H14N2O. The summed E-state index contributed by atoms with van der Waals surface area (Å²) in [5, 5.41) is 7.41. The highest BCUT2D eigenvalue weighted by molar-refractivity contribution is 5.65. The second-order valence-electron chi connectivity index (χ2n) is 4.26. The van der Waals surface area contributed by atoms with E-state index in [1.165, 1.54) is 12.0 Å². The molecule has 1 aliphatic heterocycles. The number of rotatable bonds is 1. The fraction of sp³-hybridized carbons (Fsp3) is 0.545. The molecule has 3 heteroatoms. The third-order valence-electron chi connectivity index (χ3n) is 3.21. The van der Waals surface area contributed by atoms with Crippen molar-refractivity contribution in [3.63, 3.8) is 0 Å². The van der Waals surface area contributed by atoms with Crippen molar-refractivity contribution in [2.75, 3.05) is 6.54 Å². The first kappa shape index (κ1) is 8.24. The van der Waals surface area contributed by atoms with E-state index < -0.39 is 0 Å². The van der Waals surface area contributed by atoms with Crippen molar-refractivity contribution in [3.8, 4) is 0 Å². The molecule has 2 aliphatic rings. The summed E-state index contributed by atoms with van der Waals surface area (Å²) in [6, 6.07) is 2.60. The van der Waals surface area contributed by atoms with E-state index >= 15 is 0 Å². The molecule has 3 nitrogen and oxygen atoms in total. The Balaban J connectivity index is 1.87. The highest BCUT2D eigenvalue weighted by Gasteiger charge is 2.32. The average molecular weight is 190 g/mol. The van der Waals surface area contributed by atoms with Crippen LogP contribution in [0.4, 0.5) is 0 Å². The third-order valence-corrected chi connectivity index (χ3v) is 3.21. The normalized spacial score (nSPS) is 30.5. The minimum absolute atomic E-state index is 0.579. The summed E-state index contributed by atoms with van der Waals surface area (Å²) >= 11 is 0. The van der Waals surface area contributed by atoms with Gasteiger partial charge in [0, 0.05) is 12.1 Å². The molecule has 0 spiro atoms. The zero-order valence-corrected chi connectivity index (χ0v) is 8.29. The van der Waals surface area contributed by atoms with Gasteiger partial charge in [0.2, 0.25) is 0 Å². The van der Waals surface area contributed by atoms with Gasteiger partial charge in [-0.25, -0.2) is 0 Å². The highest BCUT2D eigenvalue weighted by Crippen LogP contribution is 2.36. The Morgan fingerprint density at radius 2 is 2.50 bits per heavy atom. The first-order valence-electron chi connectivity index (χ1n) is 5.21. The lowest BCUT2D eigenvalue weighted by Crippen LogP contribution is -2.20. The molecule has 2 heterocycles. The van der Waals surface area contributed by atoms with Gasteiger partial charge in [-0.1, -0.05) is 11.2 Å². The van der Waals surface area contributed by atoms with Crippen LogP contribution in [0, 0.1) is 12.8 Å². The van der Waals surface area contributed by atoms with Crippen molar-refractivity contribution in [1.29, 1.82) is 0 Å². The summed E-state index contributed by atoms with van der Waals surface area (Å²) in [6.07, 6.45) is 4.74. The Hall–Kier alpha value is -1.09. The molecule has 0 radical (unpaired) electrons. The van der Waals surface area contributed by atoms with Gasteiger partial charge in [-0.15, -0.1) is 0 Å². The lowest BCUT2D eigenvalue weighted by molar-refractivity contribution is 0.403. The van der Waals surface area contributed by atoms with E-state index in [0.29, 0.717) is 6.04 Å². The molecule has 1 saturated heterocycles. The number of nitrogens with zero attached hydrogens (tertiary/aromatic N) is 1. The molecule has 0 aromatic carbocycles. The number of aromatic nitrogens is 1. The van der Waals surface area contributed by atoms with Crippen molar-refractivity contribution < 1.29 is 4.52 Å². The summed E-state index contributed by atoms with van der Waals surface area (Å²) in [4.78, 5) is 0.